The second-order valence-corrected chi connectivity index (χ2v) is 3.65. The minimum absolute atomic E-state index is 0.258. The maximum atomic E-state index is 13.4. The van der Waals surface area contributed by atoms with Crippen LogP contribution >= 0.6 is 0 Å². The van der Waals surface area contributed by atoms with Gasteiger partial charge in [-0.05, 0) is 18.2 Å². The topological polar surface area (TPSA) is 38.9 Å². The van der Waals surface area contributed by atoms with Crippen molar-refractivity contribution in [2.24, 2.45) is 5.73 Å². The summed E-state index contributed by atoms with van der Waals surface area (Å²) >= 11 is 0. The number of rotatable bonds is 3. The first-order valence-electron chi connectivity index (χ1n) is 5.17. The molecule has 1 unspecified atom stereocenters. The van der Waals surface area contributed by atoms with E-state index in [-0.39, 0.29) is 11.9 Å². The van der Waals surface area contributed by atoms with Crippen molar-refractivity contribution in [3.05, 3.63) is 65.7 Å². The Morgan fingerprint density at radius 3 is 2.56 bits per heavy atom. The molecule has 0 aliphatic carbocycles. The molecular weight excluding hydrogens is 203 g/mol. The lowest BCUT2D eigenvalue weighted by molar-refractivity contribution is 0.578. The molecule has 0 saturated heterocycles. The zero-order valence-corrected chi connectivity index (χ0v) is 8.81. The van der Waals surface area contributed by atoms with Crippen molar-refractivity contribution in [3.63, 3.8) is 0 Å². The van der Waals surface area contributed by atoms with E-state index in [1.165, 1.54) is 6.07 Å². The summed E-state index contributed by atoms with van der Waals surface area (Å²) in [5.41, 5.74) is 7.36. The molecule has 1 heterocycles. The summed E-state index contributed by atoms with van der Waals surface area (Å²) in [5, 5.41) is 0. The molecule has 1 atom stereocenters. The van der Waals surface area contributed by atoms with Crippen LogP contribution in [0.15, 0.2) is 48.7 Å². The predicted octanol–water partition coefficient (Wildman–Crippen LogP) is 2.46. The van der Waals surface area contributed by atoms with Gasteiger partial charge in [0.1, 0.15) is 5.82 Å². The van der Waals surface area contributed by atoms with Gasteiger partial charge in [-0.2, -0.15) is 0 Å². The van der Waals surface area contributed by atoms with Crippen LogP contribution in [0.25, 0.3) is 0 Å². The lowest BCUT2D eigenvalue weighted by atomic mass is 10.0. The van der Waals surface area contributed by atoms with Gasteiger partial charge < -0.3 is 5.73 Å². The van der Waals surface area contributed by atoms with Gasteiger partial charge in [0.15, 0.2) is 0 Å². The molecule has 0 bridgehead atoms. The molecular formula is C13H13FN2. The van der Waals surface area contributed by atoms with Crippen molar-refractivity contribution >= 4 is 0 Å². The van der Waals surface area contributed by atoms with Gasteiger partial charge in [-0.15, -0.1) is 0 Å². The monoisotopic (exact) mass is 216 g/mol. The standard InChI is InChI=1S/C13H13FN2/c14-12-7-2-1-6-11(12)13(15)9-10-5-3-4-8-16-10/h1-8,13H,9,15H2. The third-order valence-electron chi connectivity index (χ3n) is 2.46. The molecule has 0 aliphatic heterocycles. The van der Waals surface area contributed by atoms with Gasteiger partial charge in [0, 0.05) is 29.9 Å². The highest BCUT2D eigenvalue weighted by Crippen LogP contribution is 2.17. The number of hydrogen-bond donors (Lipinski definition) is 1. The maximum Gasteiger partial charge on any atom is 0.127 e. The molecule has 2 rings (SSSR count). The summed E-state index contributed by atoms with van der Waals surface area (Å²) < 4.78 is 13.4. The van der Waals surface area contributed by atoms with E-state index >= 15 is 0 Å². The first-order valence-corrected chi connectivity index (χ1v) is 5.17. The first kappa shape index (κ1) is 10.8. The van der Waals surface area contributed by atoms with Crippen molar-refractivity contribution in [1.82, 2.24) is 4.98 Å². The van der Waals surface area contributed by atoms with Crippen LogP contribution in [0.1, 0.15) is 17.3 Å². The quantitative estimate of drug-likeness (QED) is 0.856. The number of hydrogen-bond acceptors (Lipinski definition) is 2. The van der Waals surface area contributed by atoms with Crippen LogP contribution in [0, 0.1) is 5.82 Å². The predicted molar refractivity (Wildman–Crippen MR) is 61.3 cm³/mol. The van der Waals surface area contributed by atoms with Crippen LogP contribution in [0.3, 0.4) is 0 Å². The molecule has 2 aromatic rings. The molecule has 1 aromatic carbocycles. The van der Waals surface area contributed by atoms with Crippen molar-refractivity contribution in [1.29, 1.82) is 0 Å². The SMILES string of the molecule is NC(Cc1ccccn1)c1ccccc1F. The number of aromatic nitrogens is 1. The largest absolute Gasteiger partial charge is 0.324 e. The smallest absolute Gasteiger partial charge is 0.127 e. The van der Waals surface area contributed by atoms with Crippen molar-refractivity contribution in [2.75, 3.05) is 0 Å². The van der Waals surface area contributed by atoms with E-state index in [4.69, 9.17) is 5.73 Å². The summed E-state index contributed by atoms with van der Waals surface area (Å²) in [6, 6.07) is 11.9. The molecule has 2 nitrogen and oxygen atoms in total. The van der Waals surface area contributed by atoms with Gasteiger partial charge in [-0.3, -0.25) is 4.98 Å². The lowest BCUT2D eigenvalue weighted by Crippen LogP contribution is -2.15. The van der Waals surface area contributed by atoms with E-state index in [0.717, 1.165) is 5.69 Å². The van der Waals surface area contributed by atoms with E-state index in [9.17, 15) is 4.39 Å². The van der Waals surface area contributed by atoms with Crippen LogP contribution in [-0.4, -0.2) is 4.98 Å². The van der Waals surface area contributed by atoms with Crippen molar-refractivity contribution < 1.29 is 4.39 Å². The highest BCUT2D eigenvalue weighted by Gasteiger charge is 2.11. The Balaban J connectivity index is 2.15. The molecule has 82 valence electrons. The van der Waals surface area contributed by atoms with Crippen molar-refractivity contribution in [3.8, 4) is 0 Å². The molecule has 2 N–H and O–H groups in total. The zero-order chi connectivity index (χ0) is 11.4. The Hall–Kier alpha value is -1.74. The third-order valence-corrected chi connectivity index (χ3v) is 2.46. The van der Waals surface area contributed by atoms with E-state index < -0.39 is 0 Å². The van der Waals surface area contributed by atoms with E-state index in [0.29, 0.717) is 12.0 Å². The number of nitrogens with two attached hydrogens (primary N) is 1. The number of benzene rings is 1. The summed E-state index contributed by atoms with van der Waals surface area (Å²) in [5.74, 6) is -0.258. The maximum absolute atomic E-state index is 13.4. The number of nitrogens with zero attached hydrogens (tertiary/aromatic N) is 1. The third kappa shape index (κ3) is 2.44. The Kier molecular flexibility index (Phi) is 3.27. The molecule has 0 fully saturated rings. The lowest BCUT2D eigenvalue weighted by Gasteiger charge is -2.12. The van der Waals surface area contributed by atoms with Gasteiger partial charge in [0.05, 0.1) is 0 Å². The second-order valence-electron chi connectivity index (χ2n) is 3.65. The van der Waals surface area contributed by atoms with Crippen LogP contribution in [-0.2, 0) is 6.42 Å². The van der Waals surface area contributed by atoms with Gasteiger partial charge in [-0.25, -0.2) is 4.39 Å². The molecule has 0 amide bonds. The van der Waals surface area contributed by atoms with E-state index in [1.807, 2.05) is 18.2 Å². The van der Waals surface area contributed by atoms with Crippen LogP contribution in [0.2, 0.25) is 0 Å². The highest BCUT2D eigenvalue weighted by molar-refractivity contribution is 5.22. The minimum atomic E-state index is -0.351. The fraction of sp³-hybridized carbons (Fsp3) is 0.154. The molecule has 3 heteroatoms. The van der Waals surface area contributed by atoms with Crippen LogP contribution in [0.4, 0.5) is 4.39 Å². The molecule has 0 saturated carbocycles. The Bertz CT molecular complexity index is 456. The second kappa shape index (κ2) is 4.86. The molecule has 1 aromatic heterocycles. The Labute approximate surface area is 93.9 Å². The van der Waals surface area contributed by atoms with Gasteiger partial charge in [0.25, 0.3) is 0 Å². The van der Waals surface area contributed by atoms with Crippen LogP contribution in [0.5, 0.6) is 0 Å². The highest BCUT2D eigenvalue weighted by atomic mass is 19.1. The van der Waals surface area contributed by atoms with Gasteiger partial charge in [-0.1, -0.05) is 24.3 Å². The summed E-state index contributed by atoms with van der Waals surface area (Å²) in [7, 11) is 0. The summed E-state index contributed by atoms with van der Waals surface area (Å²) in [4.78, 5) is 4.17. The molecule has 0 radical (unpaired) electrons. The minimum Gasteiger partial charge on any atom is -0.324 e. The summed E-state index contributed by atoms with van der Waals surface area (Å²) in [6.07, 6.45) is 2.26. The number of halogens is 1. The Morgan fingerprint density at radius 1 is 1.12 bits per heavy atom. The fourth-order valence-corrected chi connectivity index (χ4v) is 1.63. The van der Waals surface area contributed by atoms with Crippen LogP contribution < -0.4 is 5.73 Å². The van der Waals surface area contributed by atoms with E-state index in [2.05, 4.69) is 4.98 Å². The Morgan fingerprint density at radius 2 is 1.88 bits per heavy atom. The first-order chi connectivity index (χ1) is 7.77. The molecule has 0 spiro atoms. The molecule has 16 heavy (non-hydrogen) atoms. The number of pyridine rings is 1. The normalized spacial score (nSPS) is 12.4. The van der Waals surface area contributed by atoms with Crippen molar-refractivity contribution in [2.45, 2.75) is 12.5 Å². The van der Waals surface area contributed by atoms with Gasteiger partial charge >= 0.3 is 0 Å². The fourth-order valence-electron chi connectivity index (χ4n) is 1.63. The summed E-state index contributed by atoms with van der Waals surface area (Å²) in [6.45, 7) is 0. The average Bonchev–Trinajstić information content (AvgIpc) is 2.31. The molecule has 0 aliphatic rings. The zero-order valence-electron chi connectivity index (χ0n) is 8.81. The average molecular weight is 216 g/mol. The van der Waals surface area contributed by atoms with Gasteiger partial charge in [0.2, 0.25) is 0 Å². The van der Waals surface area contributed by atoms with E-state index in [1.54, 1.807) is 24.4 Å².